The minimum absolute atomic E-state index is 0.272. The van der Waals surface area contributed by atoms with Gasteiger partial charge >= 0.3 is 0 Å². The monoisotopic (exact) mass is 177 g/mol. The molecule has 70 valence electrons. The van der Waals surface area contributed by atoms with Gasteiger partial charge in [-0.2, -0.15) is 0 Å². The summed E-state index contributed by atoms with van der Waals surface area (Å²) >= 11 is 0. The highest BCUT2D eigenvalue weighted by Gasteiger charge is 2.06. The van der Waals surface area contributed by atoms with E-state index in [1.807, 2.05) is 18.2 Å². The normalized spacial score (nSPS) is 10.4. The van der Waals surface area contributed by atoms with Crippen LogP contribution in [0.15, 0.2) is 24.4 Å². The molecule has 0 unspecified atom stereocenters. The van der Waals surface area contributed by atoms with Crippen LogP contribution in [-0.2, 0) is 11.2 Å². The molecule has 1 aromatic heterocycles. The molecule has 2 heteroatoms. The van der Waals surface area contributed by atoms with Gasteiger partial charge in [0.2, 0.25) is 0 Å². The lowest BCUT2D eigenvalue weighted by Crippen LogP contribution is -2.07. The van der Waals surface area contributed by atoms with Crippen LogP contribution in [-0.4, -0.2) is 10.8 Å². The molecule has 1 heterocycles. The Labute approximate surface area is 79.0 Å². The molecule has 0 aliphatic rings. The van der Waals surface area contributed by atoms with Gasteiger partial charge in [0.05, 0.1) is 0 Å². The lowest BCUT2D eigenvalue weighted by Gasteiger charge is -2.02. The van der Waals surface area contributed by atoms with Gasteiger partial charge in [-0.05, 0) is 18.1 Å². The highest BCUT2D eigenvalue weighted by Crippen LogP contribution is 2.04. The van der Waals surface area contributed by atoms with E-state index in [0.29, 0.717) is 18.8 Å². The second-order valence-electron chi connectivity index (χ2n) is 3.63. The Morgan fingerprint density at radius 3 is 2.77 bits per heavy atom. The summed E-state index contributed by atoms with van der Waals surface area (Å²) in [7, 11) is 0. The fraction of sp³-hybridized carbons (Fsp3) is 0.455. The van der Waals surface area contributed by atoms with Gasteiger partial charge in [-0.25, -0.2) is 0 Å². The maximum Gasteiger partial charge on any atom is 0.139 e. The van der Waals surface area contributed by atoms with Gasteiger partial charge in [0.1, 0.15) is 5.78 Å². The Bertz CT molecular complexity index is 267. The van der Waals surface area contributed by atoms with Crippen LogP contribution in [0, 0.1) is 5.92 Å². The summed E-state index contributed by atoms with van der Waals surface area (Å²) in [4.78, 5) is 15.5. The average molecular weight is 177 g/mol. The minimum Gasteiger partial charge on any atom is -0.299 e. The molecule has 0 atom stereocenters. The number of aromatic nitrogens is 1. The van der Waals surface area contributed by atoms with Crippen molar-refractivity contribution in [3.05, 3.63) is 30.1 Å². The quantitative estimate of drug-likeness (QED) is 0.706. The van der Waals surface area contributed by atoms with Crippen LogP contribution < -0.4 is 0 Å². The van der Waals surface area contributed by atoms with E-state index in [4.69, 9.17) is 0 Å². The maximum absolute atomic E-state index is 11.4. The molecule has 0 aliphatic heterocycles. The molecule has 0 N–H and O–H groups in total. The zero-order valence-corrected chi connectivity index (χ0v) is 8.16. The Hall–Kier alpha value is -1.18. The summed E-state index contributed by atoms with van der Waals surface area (Å²) in [5, 5.41) is 0. The van der Waals surface area contributed by atoms with Gasteiger partial charge in [0.25, 0.3) is 0 Å². The molecule has 1 rings (SSSR count). The lowest BCUT2D eigenvalue weighted by atomic mass is 10.0. The number of hydrogen-bond donors (Lipinski definition) is 0. The van der Waals surface area contributed by atoms with Crippen LogP contribution in [0.2, 0.25) is 0 Å². The number of pyridine rings is 1. The van der Waals surface area contributed by atoms with Gasteiger partial charge in [0, 0.05) is 24.7 Å². The molecule has 0 spiro atoms. The Morgan fingerprint density at radius 1 is 1.46 bits per heavy atom. The highest BCUT2D eigenvalue weighted by molar-refractivity contribution is 5.80. The largest absolute Gasteiger partial charge is 0.299 e. The highest BCUT2D eigenvalue weighted by atomic mass is 16.1. The summed E-state index contributed by atoms with van der Waals surface area (Å²) in [6.07, 6.45) is 2.84. The van der Waals surface area contributed by atoms with E-state index in [9.17, 15) is 4.79 Å². The molecule has 2 nitrogen and oxygen atoms in total. The van der Waals surface area contributed by atoms with Crippen LogP contribution in [0.1, 0.15) is 26.0 Å². The van der Waals surface area contributed by atoms with Crippen LogP contribution in [0.4, 0.5) is 0 Å². The molecule has 13 heavy (non-hydrogen) atoms. The summed E-state index contributed by atoms with van der Waals surface area (Å²) < 4.78 is 0. The number of carbonyl (C=O) groups excluding carboxylic acids is 1. The summed E-state index contributed by atoms with van der Waals surface area (Å²) in [6, 6.07) is 5.65. The number of rotatable bonds is 4. The first-order valence-corrected chi connectivity index (χ1v) is 4.60. The third-order valence-electron chi connectivity index (χ3n) is 1.74. The van der Waals surface area contributed by atoms with Crippen LogP contribution in [0.25, 0.3) is 0 Å². The first kappa shape index (κ1) is 9.90. The number of hydrogen-bond acceptors (Lipinski definition) is 2. The van der Waals surface area contributed by atoms with Gasteiger partial charge in [-0.1, -0.05) is 19.9 Å². The van der Waals surface area contributed by atoms with Crippen molar-refractivity contribution in [1.29, 1.82) is 0 Å². The van der Waals surface area contributed by atoms with Crippen LogP contribution in [0.5, 0.6) is 0 Å². The molecule has 1 aromatic rings. The van der Waals surface area contributed by atoms with Crippen molar-refractivity contribution in [3.8, 4) is 0 Å². The molecule has 0 radical (unpaired) electrons. The lowest BCUT2D eigenvalue weighted by molar-refractivity contribution is -0.119. The molecular weight excluding hydrogens is 162 g/mol. The van der Waals surface area contributed by atoms with E-state index >= 15 is 0 Å². The number of Topliss-reactive ketones (excluding diaryl/α,β-unsaturated/α-hetero) is 1. The summed E-state index contributed by atoms with van der Waals surface area (Å²) in [6.45, 7) is 4.10. The van der Waals surface area contributed by atoms with Crippen molar-refractivity contribution in [2.45, 2.75) is 26.7 Å². The summed E-state index contributed by atoms with van der Waals surface area (Å²) in [5.41, 5.74) is 0.869. The van der Waals surface area contributed by atoms with Gasteiger partial charge in [-0.15, -0.1) is 0 Å². The SMILES string of the molecule is CC(C)CC(=O)Cc1ccccn1. The topological polar surface area (TPSA) is 30.0 Å². The zero-order valence-electron chi connectivity index (χ0n) is 8.16. The van der Waals surface area contributed by atoms with Crippen molar-refractivity contribution in [2.75, 3.05) is 0 Å². The van der Waals surface area contributed by atoms with Crippen LogP contribution in [0.3, 0.4) is 0 Å². The first-order chi connectivity index (χ1) is 6.18. The van der Waals surface area contributed by atoms with E-state index in [1.165, 1.54) is 0 Å². The smallest absolute Gasteiger partial charge is 0.139 e. The third kappa shape index (κ3) is 3.83. The summed E-state index contributed by atoms with van der Waals surface area (Å²) in [5.74, 6) is 0.713. The maximum atomic E-state index is 11.4. The van der Waals surface area contributed by atoms with Crippen molar-refractivity contribution in [2.24, 2.45) is 5.92 Å². The van der Waals surface area contributed by atoms with E-state index in [1.54, 1.807) is 6.20 Å². The number of carbonyl (C=O) groups is 1. The van der Waals surface area contributed by atoms with Crippen LogP contribution >= 0.6 is 0 Å². The van der Waals surface area contributed by atoms with Gasteiger partial charge < -0.3 is 0 Å². The molecular formula is C11H15NO. The fourth-order valence-corrected chi connectivity index (χ4v) is 1.23. The van der Waals surface area contributed by atoms with E-state index in [-0.39, 0.29) is 5.78 Å². The van der Waals surface area contributed by atoms with E-state index < -0.39 is 0 Å². The Balaban J connectivity index is 2.46. The second kappa shape index (κ2) is 4.75. The Kier molecular flexibility index (Phi) is 3.62. The minimum atomic E-state index is 0.272. The molecule has 0 amide bonds. The predicted octanol–water partition coefficient (Wildman–Crippen LogP) is 2.24. The third-order valence-corrected chi connectivity index (χ3v) is 1.74. The van der Waals surface area contributed by atoms with Crippen molar-refractivity contribution in [3.63, 3.8) is 0 Å². The number of ketones is 1. The van der Waals surface area contributed by atoms with Crippen molar-refractivity contribution >= 4 is 5.78 Å². The zero-order chi connectivity index (χ0) is 9.68. The fourth-order valence-electron chi connectivity index (χ4n) is 1.23. The van der Waals surface area contributed by atoms with Gasteiger partial charge in [0.15, 0.2) is 0 Å². The van der Waals surface area contributed by atoms with Gasteiger partial charge in [-0.3, -0.25) is 9.78 Å². The number of nitrogens with zero attached hydrogens (tertiary/aromatic N) is 1. The van der Waals surface area contributed by atoms with E-state index in [2.05, 4.69) is 18.8 Å². The standard InChI is InChI=1S/C11H15NO/c1-9(2)7-11(13)8-10-5-3-4-6-12-10/h3-6,9H,7-8H2,1-2H3. The average Bonchev–Trinajstić information content (AvgIpc) is 2.04. The molecule has 0 fully saturated rings. The molecule has 0 bridgehead atoms. The molecule has 0 aliphatic carbocycles. The molecule has 0 aromatic carbocycles. The second-order valence-corrected chi connectivity index (χ2v) is 3.63. The Morgan fingerprint density at radius 2 is 2.23 bits per heavy atom. The molecule has 0 saturated heterocycles. The van der Waals surface area contributed by atoms with Crippen molar-refractivity contribution < 1.29 is 4.79 Å². The van der Waals surface area contributed by atoms with E-state index in [0.717, 1.165) is 5.69 Å². The predicted molar refractivity (Wildman–Crippen MR) is 52.4 cm³/mol. The first-order valence-electron chi connectivity index (χ1n) is 4.60. The van der Waals surface area contributed by atoms with Crippen molar-refractivity contribution in [1.82, 2.24) is 4.98 Å². The molecule has 0 saturated carbocycles.